The summed E-state index contributed by atoms with van der Waals surface area (Å²) < 4.78 is 0. The monoisotopic (exact) mass is 694 g/mol. The number of hydrogen-bond donors (Lipinski definition) is 5. The summed E-state index contributed by atoms with van der Waals surface area (Å²) >= 11 is 0. The summed E-state index contributed by atoms with van der Waals surface area (Å²) in [6.07, 6.45) is 2.03. The van der Waals surface area contributed by atoms with Crippen LogP contribution >= 0.6 is 0 Å². The lowest BCUT2D eigenvalue weighted by atomic mass is 9.85. The van der Waals surface area contributed by atoms with Gasteiger partial charge in [-0.25, -0.2) is 4.79 Å². The maximum Gasteiger partial charge on any atom is 0.315 e. The predicted octanol–water partition coefficient (Wildman–Crippen LogP) is 3.56. The van der Waals surface area contributed by atoms with Crippen LogP contribution in [0.25, 0.3) is 0 Å². The number of Topliss-reactive ketones (excluding diaryl/α,β-unsaturated/α-hetero) is 1. The number of hydrogen-bond acceptors (Lipinski definition) is 6. The van der Waals surface area contributed by atoms with Crippen molar-refractivity contribution >= 4 is 35.4 Å². The van der Waals surface area contributed by atoms with E-state index in [0.717, 1.165) is 5.56 Å². The molecule has 1 aromatic carbocycles. The molecule has 276 valence electrons. The number of likely N-dealkylation sites (tertiary alicyclic amines) is 1. The van der Waals surface area contributed by atoms with E-state index in [-0.39, 0.29) is 48.5 Å². The fraction of sp³-hybridized carbons (Fsp3) is 0.632. The number of rotatable bonds is 14. The van der Waals surface area contributed by atoms with E-state index >= 15 is 0 Å². The zero-order valence-corrected chi connectivity index (χ0v) is 31.5. The second-order valence-corrected chi connectivity index (χ2v) is 16.9. The molecule has 1 aliphatic heterocycles. The number of nitrogens with one attached hydrogen (secondary N) is 5. The fourth-order valence-corrected chi connectivity index (χ4v) is 6.82. The molecular weight excluding hydrogens is 636 g/mol. The van der Waals surface area contributed by atoms with Gasteiger partial charge >= 0.3 is 6.03 Å². The van der Waals surface area contributed by atoms with Gasteiger partial charge in [-0.1, -0.05) is 71.0 Å². The standard InChI is InChI=1S/C38H58N6O6/c1-12-13-19-25(29(46)32(48)39-21-20-26(45)42-38(10,11)23-17-15-14-16-18-23)40-31(47)28-27-24(37(27,8)9)22-44(28)33(49)30(35(2,3)4)41-34(50)43-36(5,6)7/h12,14-18,24-25,27-28,30H,1,13,19-22H2,2-11H3,(H,39,48)(H,40,47)(H,42,45)(H2,41,43,50)/t24-,25?,27-,28-,30+/m0/s1. The average Bonchev–Trinajstić information content (AvgIpc) is 3.31. The van der Waals surface area contributed by atoms with Gasteiger partial charge in [-0.15, -0.1) is 6.58 Å². The highest BCUT2D eigenvalue weighted by Crippen LogP contribution is 2.65. The van der Waals surface area contributed by atoms with Gasteiger partial charge in [0.2, 0.25) is 23.5 Å². The number of allylic oxidation sites excluding steroid dienone is 1. The van der Waals surface area contributed by atoms with Crippen molar-refractivity contribution in [2.24, 2.45) is 22.7 Å². The van der Waals surface area contributed by atoms with E-state index in [1.165, 1.54) is 4.90 Å². The number of fused-ring (bicyclic) bond motifs is 1. The molecule has 12 nitrogen and oxygen atoms in total. The summed E-state index contributed by atoms with van der Waals surface area (Å²) in [4.78, 5) is 81.7. The van der Waals surface area contributed by atoms with E-state index in [2.05, 4.69) is 33.2 Å². The van der Waals surface area contributed by atoms with Gasteiger partial charge in [0.25, 0.3) is 5.91 Å². The quantitative estimate of drug-likeness (QED) is 0.148. The second-order valence-electron chi connectivity index (χ2n) is 16.9. The number of carbonyl (C=O) groups excluding carboxylic acids is 6. The van der Waals surface area contributed by atoms with E-state index in [0.29, 0.717) is 13.0 Å². The molecule has 1 heterocycles. The molecule has 1 aliphatic carbocycles. The van der Waals surface area contributed by atoms with Gasteiger partial charge in [0.1, 0.15) is 12.1 Å². The molecule has 50 heavy (non-hydrogen) atoms. The molecule has 3 rings (SSSR count). The fourth-order valence-electron chi connectivity index (χ4n) is 6.82. The molecule has 6 amide bonds. The lowest BCUT2D eigenvalue weighted by Crippen LogP contribution is -2.62. The van der Waals surface area contributed by atoms with Crippen LogP contribution in [0.4, 0.5) is 4.79 Å². The molecule has 1 saturated heterocycles. The average molecular weight is 695 g/mol. The highest BCUT2D eigenvalue weighted by molar-refractivity contribution is 6.38. The lowest BCUT2D eigenvalue weighted by molar-refractivity contribution is -0.145. The molecular formula is C38H58N6O6. The highest BCUT2D eigenvalue weighted by atomic mass is 16.2. The van der Waals surface area contributed by atoms with Gasteiger partial charge in [-0.05, 0) is 75.7 Å². The van der Waals surface area contributed by atoms with Crippen molar-refractivity contribution in [3.8, 4) is 0 Å². The van der Waals surface area contributed by atoms with Crippen LogP contribution in [0.5, 0.6) is 0 Å². The third kappa shape index (κ3) is 9.94. The van der Waals surface area contributed by atoms with Crippen LogP contribution in [0.2, 0.25) is 0 Å². The van der Waals surface area contributed by atoms with Crippen LogP contribution in [0.3, 0.4) is 0 Å². The molecule has 1 saturated carbocycles. The Balaban J connectivity index is 1.71. The Morgan fingerprint density at radius 1 is 0.940 bits per heavy atom. The Labute approximate surface area is 297 Å². The zero-order chi connectivity index (χ0) is 37.8. The Hall–Kier alpha value is -4.22. The van der Waals surface area contributed by atoms with Crippen molar-refractivity contribution in [1.29, 1.82) is 0 Å². The van der Waals surface area contributed by atoms with Crippen molar-refractivity contribution in [1.82, 2.24) is 31.5 Å². The summed E-state index contributed by atoms with van der Waals surface area (Å²) in [5.74, 6) is -3.06. The molecule has 12 heteroatoms. The summed E-state index contributed by atoms with van der Waals surface area (Å²) in [6.45, 7) is 22.9. The smallest absolute Gasteiger partial charge is 0.315 e. The molecule has 5 N–H and O–H groups in total. The molecule has 0 bridgehead atoms. The SMILES string of the molecule is C=CCCC(NC(=O)[C@@H]1[C@@H]2[C@H](CN1C(=O)[C@@H](NC(=O)NC(C)(C)C)C(C)(C)C)C2(C)C)C(=O)C(=O)NCCC(=O)NC(C)(C)c1ccccc1. The maximum atomic E-state index is 14.2. The molecule has 0 radical (unpaired) electrons. The minimum atomic E-state index is -1.17. The van der Waals surface area contributed by atoms with Crippen molar-refractivity contribution in [3.05, 3.63) is 48.6 Å². The topological polar surface area (TPSA) is 166 Å². The van der Waals surface area contributed by atoms with Crippen LogP contribution in [-0.2, 0) is 29.5 Å². The largest absolute Gasteiger partial charge is 0.349 e. The summed E-state index contributed by atoms with van der Waals surface area (Å²) in [6, 6.07) is 6.01. The van der Waals surface area contributed by atoms with Gasteiger partial charge in [-0.3, -0.25) is 24.0 Å². The van der Waals surface area contributed by atoms with E-state index in [1.54, 1.807) is 6.08 Å². The van der Waals surface area contributed by atoms with Crippen LogP contribution in [-0.4, -0.2) is 77.1 Å². The van der Waals surface area contributed by atoms with Crippen LogP contribution in [0, 0.1) is 22.7 Å². The maximum absolute atomic E-state index is 14.2. The van der Waals surface area contributed by atoms with Crippen LogP contribution < -0.4 is 26.6 Å². The third-order valence-corrected chi connectivity index (χ3v) is 9.74. The zero-order valence-electron chi connectivity index (χ0n) is 31.5. The number of urea groups is 1. The first-order chi connectivity index (χ1) is 23.0. The van der Waals surface area contributed by atoms with E-state index in [4.69, 9.17) is 0 Å². The first kappa shape index (κ1) is 40.2. The van der Waals surface area contributed by atoms with Gasteiger partial charge in [-0.2, -0.15) is 0 Å². The molecule has 2 fully saturated rings. The van der Waals surface area contributed by atoms with Gasteiger partial charge < -0.3 is 31.5 Å². The molecule has 0 spiro atoms. The number of benzene rings is 1. The number of piperidine rings is 1. The van der Waals surface area contributed by atoms with E-state index < -0.39 is 58.2 Å². The number of nitrogens with zero attached hydrogens (tertiary/aromatic N) is 1. The van der Waals surface area contributed by atoms with E-state index in [9.17, 15) is 28.8 Å². The minimum absolute atomic E-state index is 0.0486. The normalized spacial score (nSPS) is 20.8. The molecule has 1 aromatic rings. The van der Waals surface area contributed by atoms with Gasteiger partial charge in [0.05, 0.1) is 11.6 Å². The number of amides is 6. The first-order valence-electron chi connectivity index (χ1n) is 17.5. The minimum Gasteiger partial charge on any atom is -0.349 e. The van der Waals surface area contributed by atoms with Gasteiger partial charge in [0.15, 0.2) is 0 Å². The van der Waals surface area contributed by atoms with Crippen molar-refractivity contribution in [3.63, 3.8) is 0 Å². The predicted molar refractivity (Wildman–Crippen MR) is 193 cm³/mol. The van der Waals surface area contributed by atoms with Crippen molar-refractivity contribution in [2.45, 2.75) is 118 Å². The van der Waals surface area contributed by atoms with Crippen LogP contribution in [0.15, 0.2) is 43.0 Å². The Kier molecular flexibility index (Phi) is 12.3. The Bertz CT molecular complexity index is 1460. The lowest BCUT2D eigenvalue weighted by Gasteiger charge is -2.38. The number of carbonyl (C=O) groups is 6. The molecule has 5 atom stereocenters. The summed E-state index contributed by atoms with van der Waals surface area (Å²) in [5, 5.41) is 13.9. The Morgan fingerprint density at radius 2 is 1.56 bits per heavy atom. The number of ketones is 1. The first-order valence-corrected chi connectivity index (χ1v) is 17.5. The molecule has 2 aliphatic rings. The van der Waals surface area contributed by atoms with Gasteiger partial charge in [0, 0.05) is 25.0 Å². The van der Waals surface area contributed by atoms with Crippen LogP contribution in [0.1, 0.15) is 94.1 Å². The van der Waals surface area contributed by atoms with E-state index in [1.807, 2.05) is 99.6 Å². The Morgan fingerprint density at radius 3 is 2.12 bits per heavy atom. The van der Waals surface area contributed by atoms with Crippen molar-refractivity contribution in [2.75, 3.05) is 13.1 Å². The molecule has 1 unspecified atom stereocenters. The third-order valence-electron chi connectivity index (χ3n) is 9.74. The molecule has 0 aromatic heterocycles. The highest BCUT2D eigenvalue weighted by Gasteiger charge is 2.70. The second kappa shape index (κ2) is 15.3. The summed E-state index contributed by atoms with van der Waals surface area (Å²) in [5.41, 5.74) is -1.12. The van der Waals surface area contributed by atoms with Crippen molar-refractivity contribution < 1.29 is 28.8 Å². The summed E-state index contributed by atoms with van der Waals surface area (Å²) in [7, 11) is 0.